The normalized spacial score (nSPS) is 15.9. The van der Waals surface area contributed by atoms with Gasteiger partial charge in [-0.05, 0) is 42.0 Å². The summed E-state index contributed by atoms with van der Waals surface area (Å²) in [6, 6.07) is 16.6. The van der Waals surface area contributed by atoms with Crippen molar-refractivity contribution in [2.75, 3.05) is 0 Å². The van der Waals surface area contributed by atoms with E-state index >= 15 is 0 Å². The Bertz CT molecular complexity index is 1280. The van der Waals surface area contributed by atoms with E-state index in [4.69, 9.17) is 9.15 Å². The lowest BCUT2D eigenvalue weighted by Crippen LogP contribution is -2.02. The summed E-state index contributed by atoms with van der Waals surface area (Å²) in [6.45, 7) is 0. The summed E-state index contributed by atoms with van der Waals surface area (Å²) in [5.74, 6) is 1.78. The molecule has 0 spiro atoms. The highest BCUT2D eigenvalue weighted by Gasteiger charge is 2.25. The Hall–Kier alpha value is -3.18. The number of thiazole rings is 1. The number of rotatable bonds is 2. The van der Waals surface area contributed by atoms with Crippen molar-refractivity contribution in [3.05, 3.63) is 77.6 Å². The van der Waals surface area contributed by atoms with Crippen LogP contribution in [0.15, 0.2) is 70.9 Å². The average Bonchev–Trinajstić information content (AvgIpc) is 3.42. The molecule has 1 atom stereocenters. The minimum absolute atomic E-state index is 0.00788. The fourth-order valence-electron chi connectivity index (χ4n) is 3.66. The third-order valence-corrected chi connectivity index (χ3v) is 5.87. The van der Waals surface area contributed by atoms with E-state index in [1.807, 2.05) is 17.8 Å². The standard InChI is InChI=1S/C22H14N2O2S/c1-2-15(21-10-16-11-23-6-5-18(16)25-21)9-20-14(1)8-19(26-20)13-3-4-22-17(7-13)24-12-27-22/h1-9,11-12,21H,10H2. The predicted octanol–water partition coefficient (Wildman–Crippen LogP) is 5.78. The molecule has 4 nitrogen and oxygen atoms in total. The lowest BCUT2D eigenvalue weighted by Gasteiger charge is -2.10. The first-order chi connectivity index (χ1) is 13.3. The van der Waals surface area contributed by atoms with Gasteiger partial charge in [0.2, 0.25) is 0 Å². The Morgan fingerprint density at radius 1 is 1.04 bits per heavy atom. The fourth-order valence-corrected chi connectivity index (χ4v) is 4.32. The van der Waals surface area contributed by atoms with Gasteiger partial charge in [-0.2, -0.15) is 0 Å². The molecule has 6 rings (SSSR count). The smallest absolute Gasteiger partial charge is 0.135 e. The molecule has 1 aliphatic heterocycles. The maximum Gasteiger partial charge on any atom is 0.135 e. The van der Waals surface area contributed by atoms with Crippen LogP contribution in [0.25, 0.3) is 32.5 Å². The number of benzene rings is 2. The van der Waals surface area contributed by atoms with Crippen molar-refractivity contribution in [2.24, 2.45) is 0 Å². The topological polar surface area (TPSA) is 48.2 Å². The SMILES string of the molecule is c1cc2c(cn1)CC(c1ccc3cc(-c4ccc5scnc5c4)oc3c1)O2. The van der Waals surface area contributed by atoms with Gasteiger partial charge in [-0.1, -0.05) is 12.1 Å². The predicted molar refractivity (Wildman–Crippen MR) is 106 cm³/mol. The van der Waals surface area contributed by atoms with Gasteiger partial charge in [0.15, 0.2) is 0 Å². The van der Waals surface area contributed by atoms with Crippen LogP contribution in [0, 0.1) is 0 Å². The highest BCUT2D eigenvalue weighted by atomic mass is 32.1. The molecule has 3 aromatic heterocycles. The Labute approximate surface area is 159 Å². The number of aromatic nitrogens is 2. The van der Waals surface area contributed by atoms with Gasteiger partial charge in [0, 0.05) is 35.3 Å². The molecule has 0 aliphatic carbocycles. The average molecular weight is 370 g/mol. The number of hydrogen-bond donors (Lipinski definition) is 0. The minimum Gasteiger partial charge on any atom is -0.485 e. The molecule has 0 saturated carbocycles. The van der Waals surface area contributed by atoms with Crippen molar-refractivity contribution >= 4 is 32.5 Å². The van der Waals surface area contributed by atoms with Gasteiger partial charge in [0.05, 0.1) is 15.7 Å². The van der Waals surface area contributed by atoms with E-state index < -0.39 is 0 Å². The van der Waals surface area contributed by atoms with Crippen LogP contribution in [-0.2, 0) is 6.42 Å². The van der Waals surface area contributed by atoms with Gasteiger partial charge in [0.1, 0.15) is 23.2 Å². The highest BCUT2D eigenvalue weighted by molar-refractivity contribution is 7.16. The van der Waals surface area contributed by atoms with Crippen LogP contribution in [0.2, 0.25) is 0 Å². The zero-order chi connectivity index (χ0) is 17.8. The Balaban J connectivity index is 1.37. The lowest BCUT2D eigenvalue weighted by molar-refractivity contribution is 0.238. The van der Waals surface area contributed by atoms with Crippen LogP contribution >= 0.6 is 11.3 Å². The zero-order valence-corrected chi connectivity index (χ0v) is 15.1. The molecular weight excluding hydrogens is 356 g/mol. The molecule has 130 valence electrons. The van der Waals surface area contributed by atoms with Gasteiger partial charge in [-0.3, -0.25) is 4.98 Å². The molecule has 5 heteroatoms. The first kappa shape index (κ1) is 14.9. The largest absolute Gasteiger partial charge is 0.485 e. The summed E-state index contributed by atoms with van der Waals surface area (Å²) < 4.78 is 13.4. The van der Waals surface area contributed by atoms with Gasteiger partial charge < -0.3 is 9.15 Å². The molecule has 0 N–H and O–H groups in total. The first-order valence-corrected chi connectivity index (χ1v) is 9.68. The fraction of sp³-hybridized carbons (Fsp3) is 0.0909. The maximum atomic E-state index is 6.16. The van der Waals surface area contributed by atoms with Crippen LogP contribution in [-0.4, -0.2) is 9.97 Å². The Morgan fingerprint density at radius 2 is 2.04 bits per heavy atom. The number of ether oxygens (including phenoxy) is 1. The summed E-state index contributed by atoms with van der Waals surface area (Å²) in [4.78, 5) is 8.59. The van der Waals surface area contributed by atoms with Crippen molar-refractivity contribution in [3.63, 3.8) is 0 Å². The monoisotopic (exact) mass is 370 g/mol. The molecule has 0 fully saturated rings. The number of pyridine rings is 1. The second kappa shape index (κ2) is 5.66. The van der Waals surface area contributed by atoms with Crippen molar-refractivity contribution < 1.29 is 9.15 Å². The number of fused-ring (bicyclic) bond motifs is 3. The van der Waals surface area contributed by atoms with Crippen LogP contribution in [0.3, 0.4) is 0 Å². The van der Waals surface area contributed by atoms with Crippen molar-refractivity contribution in [2.45, 2.75) is 12.5 Å². The summed E-state index contributed by atoms with van der Waals surface area (Å²) in [5.41, 5.74) is 7.06. The van der Waals surface area contributed by atoms with Crippen LogP contribution in [0.5, 0.6) is 5.75 Å². The molecule has 1 unspecified atom stereocenters. The van der Waals surface area contributed by atoms with Gasteiger partial charge >= 0.3 is 0 Å². The molecule has 2 aromatic carbocycles. The zero-order valence-electron chi connectivity index (χ0n) is 14.3. The van der Waals surface area contributed by atoms with Crippen molar-refractivity contribution in [1.82, 2.24) is 9.97 Å². The van der Waals surface area contributed by atoms with E-state index in [9.17, 15) is 0 Å². The third kappa shape index (κ3) is 2.43. The van der Waals surface area contributed by atoms with E-state index in [2.05, 4.69) is 52.4 Å². The molecule has 5 aromatic rings. The summed E-state index contributed by atoms with van der Waals surface area (Å²) in [7, 11) is 0. The molecule has 0 radical (unpaired) electrons. The highest BCUT2D eigenvalue weighted by Crippen LogP contribution is 2.38. The van der Waals surface area contributed by atoms with Gasteiger partial charge in [-0.15, -0.1) is 11.3 Å². The van der Waals surface area contributed by atoms with Gasteiger partial charge in [0.25, 0.3) is 0 Å². The third-order valence-electron chi connectivity index (χ3n) is 5.06. The van der Waals surface area contributed by atoms with E-state index in [1.165, 1.54) is 4.70 Å². The number of furan rings is 1. The second-order valence-electron chi connectivity index (χ2n) is 6.74. The molecule has 0 amide bonds. The molecule has 0 saturated heterocycles. The van der Waals surface area contributed by atoms with Crippen molar-refractivity contribution in [3.8, 4) is 17.1 Å². The molecular formula is C22H14N2O2S. The molecule has 27 heavy (non-hydrogen) atoms. The van der Waals surface area contributed by atoms with Crippen LogP contribution in [0.4, 0.5) is 0 Å². The van der Waals surface area contributed by atoms with E-state index in [0.29, 0.717) is 0 Å². The van der Waals surface area contributed by atoms with E-state index in [-0.39, 0.29) is 6.10 Å². The van der Waals surface area contributed by atoms with Crippen LogP contribution < -0.4 is 4.74 Å². The van der Waals surface area contributed by atoms with Crippen molar-refractivity contribution in [1.29, 1.82) is 0 Å². The van der Waals surface area contributed by atoms with E-state index in [0.717, 1.165) is 51.1 Å². The quantitative estimate of drug-likeness (QED) is 0.395. The maximum absolute atomic E-state index is 6.16. The molecule has 1 aliphatic rings. The summed E-state index contributed by atoms with van der Waals surface area (Å²) in [6.07, 6.45) is 4.49. The number of hydrogen-bond acceptors (Lipinski definition) is 5. The Kier molecular flexibility index (Phi) is 3.13. The van der Waals surface area contributed by atoms with Crippen LogP contribution in [0.1, 0.15) is 17.2 Å². The summed E-state index contributed by atoms with van der Waals surface area (Å²) >= 11 is 1.65. The first-order valence-electron chi connectivity index (χ1n) is 8.80. The van der Waals surface area contributed by atoms with Gasteiger partial charge in [-0.25, -0.2) is 4.98 Å². The second-order valence-corrected chi connectivity index (χ2v) is 7.62. The number of nitrogens with zero attached hydrogens (tertiary/aromatic N) is 2. The summed E-state index contributed by atoms with van der Waals surface area (Å²) in [5, 5.41) is 1.09. The molecule has 4 heterocycles. The minimum atomic E-state index is 0.00788. The lowest BCUT2D eigenvalue weighted by atomic mass is 10.0. The Morgan fingerprint density at radius 3 is 3.00 bits per heavy atom. The van der Waals surface area contributed by atoms with E-state index in [1.54, 1.807) is 17.5 Å². The molecule has 0 bridgehead atoms.